The summed E-state index contributed by atoms with van der Waals surface area (Å²) in [7, 11) is 0. The van der Waals surface area contributed by atoms with Crippen LogP contribution in [-0.2, 0) is 14.3 Å². The van der Waals surface area contributed by atoms with Gasteiger partial charge in [-0.15, -0.1) is 12.4 Å². The number of aromatic nitrogens is 1. The van der Waals surface area contributed by atoms with Crippen LogP contribution in [0.4, 0.5) is 0 Å². The number of halogens is 1. The normalized spacial score (nSPS) is 9.00. The molecule has 0 amide bonds. The summed E-state index contributed by atoms with van der Waals surface area (Å²) in [5.41, 5.74) is 0.306. The average molecular weight is 258 g/mol. The van der Waals surface area contributed by atoms with E-state index in [0.29, 0.717) is 5.56 Å². The second-order valence-corrected chi connectivity index (χ2v) is 2.99. The van der Waals surface area contributed by atoms with Gasteiger partial charge in [-0.1, -0.05) is 0 Å². The molecule has 0 saturated carbocycles. The van der Waals surface area contributed by atoms with Crippen molar-refractivity contribution in [2.45, 2.75) is 13.3 Å². The minimum atomic E-state index is -0.972. The molecule has 6 heteroatoms. The molecule has 0 spiro atoms. The summed E-state index contributed by atoms with van der Waals surface area (Å²) in [4.78, 5) is 37.4. The van der Waals surface area contributed by atoms with Gasteiger partial charge >= 0.3 is 5.97 Å². The number of hydrogen-bond acceptors (Lipinski definition) is 5. The second-order valence-electron chi connectivity index (χ2n) is 2.99. The molecule has 0 N–H and O–H groups in total. The van der Waals surface area contributed by atoms with Crippen LogP contribution in [0.3, 0.4) is 0 Å². The van der Waals surface area contributed by atoms with Crippen molar-refractivity contribution in [2.75, 3.05) is 6.61 Å². The molecule has 5 nitrogen and oxygen atoms in total. The number of ketones is 2. The van der Waals surface area contributed by atoms with Gasteiger partial charge in [0.05, 0.1) is 13.0 Å². The number of Topliss-reactive ketones (excluding diaryl/α,β-unsaturated/α-hetero) is 2. The maximum Gasteiger partial charge on any atom is 0.375 e. The molecule has 0 aliphatic heterocycles. The molecule has 0 saturated heterocycles. The third-order valence-corrected chi connectivity index (χ3v) is 1.81. The highest BCUT2D eigenvalue weighted by atomic mass is 35.5. The molecule has 1 aromatic heterocycles. The molecule has 0 aliphatic carbocycles. The molecule has 0 aliphatic rings. The molecular formula is C11H12ClNO4. The lowest BCUT2D eigenvalue weighted by Gasteiger charge is -2.00. The minimum Gasteiger partial charge on any atom is -0.460 e. The smallest absolute Gasteiger partial charge is 0.375 e. The Morgan fingerprint density at radius 3 is 2.59 bits per heavy atom. The zero-order valence-electron chi connectivity index (χ0n) is 9.21. The first-order valence-electron chi connectivity index (χ1n) is 4.78. The fourth-order valence-corrected chi connectivity index (χ4v) is 1.06. The van der Waals surface area contributed by atoms with Crippen LogP contribution in [0, 0.1) is 0 Å². The lowest BCUT2D eigenvalue weighted by atomic mass is 10.1. The molecule has 0 fully saturated rings. The van der Waals surface area contributed by atoms with Crippen molar-refractivity contribution in [3.05, 3.63) is 30.1 Å². The summed E-state index contributed by atoms with van der Waals surface area (Å²) in [6, 6.07) is 3.12. The molecule has 1 aromatic rings. The van der Waals surface area contributed by atoms with Crippen LogP contribution in [0.1, 0.15) is 23.7 Å². The number of rotatable bonds is 5. The maximum atomic E-state index is 11.5. The Bertz CT molecular complexity index is 405. The summed E-state index contributed by atoms with van der Waals surface area (Å²) in [6.07, 6.45) is 2.38. The lowest BCUT2D eigenvalue weighted by Crippen LogP contribution is -2.20. The van der Waals surface area contributed by atoms with E-state index in [0.717, 1.165) is 0 Å². The summed E-state index contributed by atoms with van der Waals surface area (Å²) >= 11 is 0. The predicted molar refractivity (Wildman–Crippen MR) is 62.1 cm³/mol. The van der Waals surface area contributed by atoms with Gasteiger partial charge in [0.25, 0.3) is 0 Å². The van der Waals surface area contributed by atoms with Crippen molar-refractivity contribution in [3.8, 4) is 0 Å². The summed E-state index contributed by atoms with van der Waals surface area (Å²) < 4.78 is 4.48. The highest BCUT2D eigenvalue weighted by molar-refractivity contribution is 6.38. The quantitative estimate of drug-likeness (QED) is 0.343. The van der Waals surface area contributed by atoms with Crippen LogP contribution in [-0.4, -0.2) is 29.1 Å². The number of nitrogens with zero attached hydrogens (tertiary/aromatic N) is 1. The van der Waals surface area contributed by atoms with Crippen molar-refractivity contribution >= 4 is 29.9 Å². The molecule has 17 heavy (non-hydrogen) atoms. The molecule has 1 rings (SSSR count). The Morgan fingerprint density at radius 2 is 2.06 bits per heavy atom. The molecule has 92 valence electrons. The monoisotopic (exact) mass is 257 g/mol. The fraction of sp³-hybridized carbons (Fsp3) is 0.273. The van der Waals surface area contributed by atoms with Crippen molar-refractivity contribution in [3.63, 3.8) is 0 Å². The molecule has 0 aromatic carbocycles. The number of pyridine rings is 1. The van der Waals surface area contributed by atoms with Crippen LogP contribution in [0.15, 0.2) is 24.5 Å². The Morgan fingerprint density at radius 1 is 1.35 bits per heavy atom. The van der Waals surface area contributed by atoms with Gasteiger partial charge in [-0.25, -0.2) is 4.79 Å². The third-order valence-electron chi connectivity index (χ3n) is 1.81. The first kappa shape index (κ1) is 15.2. The number of esters is 1. The summed E-state index contributed by atoms with van der Waals surface area (Å²) in [6.45, 7) is 1.71. The van der Waals surface area contributed by atoms with Crippen LogP contribution >= 0.6 is 12.4 Å². The summed E-state index contributed by atoms with van der Waals surface area (Å²) in [5.74, 6) is -2.25. The predicted octanol–water partition coefficient (Wildman–Crippen LogP) is 1.21. The van der Waals surface area contributed by atoms with Crippen LogP contribution < -0.4 is 0 Å². The average Bonchev–Trinajstić information content (AvgIpc) is 2.30. The maximum absolute atomic E-state index is 11.5. The first-order chi connectivity index (χ1) is 7.65. The van der Waals surface area contributed by atoms with Gasteiger partial charge < -0.3 is 4.74 Å². The van der Waals surface area contributed by atoms with E-state index in [1.54, 1.807) is 13.0 Å². The molecule has 0 atom stereocenters. The van der Waals surface area contributed by atoms with Gasteiger partial charge in [0.1, 0.15) is 0 Å². The van der Waals surface area contributed by atoms with Gasteiger partial charge in [-0.05, 0) is 19.1 Å². The van der Waals surface area contributed by atoms with E-state index in [9.17, 15) is 14.4 Å². The lowest BCUT2D eigenvalue weighted by molar-refractivity contribution is -0.153. The standard InChI is InChI=1S/C11H11NO4.ClH/c1-2-16-11(15)10(14)6-9(13)8-4-3-5-12-7-8;/h3-5,7H,2,6H2,1H3;1H. The Hall–Kier alpha value is -1.75. The molecule has 0 radical (unpaired) electrons. The van der Waals surface area contributed by atoms with Gasteiger partial charge in [0, 0.05) is 18.0 Å². The van der Waals surface area contributed by atoms with E-state index in [4.69, 9.17) is 0 Å². The van der Waals surface area contributed by atoms with Crippen molar-refractivity contribution < 1.29 is 19.1 Å². The minimum absolute atomic E-state index is 0. The zero-order chi connectivity index (χ0) is 12.0. The van der Waals surface area contributed by atoms with Gasteiger partial charge in [-0.2, -0.15) is 0 Å². The van der Waals surface area contributed by atoms with Crippen molar-refractivity contribution in [2.24, 2.45) is 0 Å². The Labute approximate surface area is 105 Å². The fourth-order valence-electron chi connectivity index (χ4n) is 1.06. The summed E-state index contributed by atoms with van der Waals surface area (Å²) in [5, 5.41) is 0. The number of carbonyl (C=O) groups excluding carboxylic acids is 3. The Kier molecular flexibility index (Phi) is 6.74. The number of ether oxygens (including phenoxy) is 1. The SMILES string of the molecule is CCOC(=O)C(=O)CC(=O)c1cccnc1.Cl. The molecule has 0 unspecified atom stereocenters. The molecular weight excluding hydrogens is 246 g/mol. The zero-order valence-corrected chi connectivity index (χ0v) is 10.0. The van der Waals surface area contributed by atoms with E-state index in [1.165, 1.54) is 18.5 Å². The van der Waals surface area contributed by atoms with E-state index >= 15 is 0 Å². The van der Waals surface area contributed by atoms with E-state index in [-0.39, 0.29) is 19.0 Å². The highest BCUT2D eigenvalue weighted by Gasteiger charge is 2.19. The van der Waals surface area contributed by atoms with Gasteiger partial charge in [-0.3, -0.25) is 14.6 Å². The number of carbonyl (C=O) groups is 3. The van der Waals surface area contributed by atoms with Crippen LogP contribution in [0.5, 0.6) is 0 Å². The highest BCUT2D eigenvalue weighted by Crippen LogP contribution is 2.02. The van der Waals surface area contributed by atoms with Crippen LogP contribution in [0.25, 0.3) is 0 Å². The van der Waals surface area contributed by atoms with Gasteiger partial charge in [0.15, 0.2) is 5.78 Å². The molecule has 1 heterocycles. The van der Waals surface area contributed by atoms with E-state index in [1.807, 2.05) is 0 Å². The van der Waals surface area contributed by atoms with Crippen molar-refractivity contribution in [1.29, 1.82) is 0 Å². The topological polar surface area (TPSA) is 73.3 Å². The van der Waals surface area contributed by atoms with Gasteiger partial charge in [0.2, 0.25) is 5.78 Å². The van der Waals surface area contributed by atoms with Crippen molar-refractivity contribution in [1.82, 2.24) is 4.98 Å². The Balaban J connectivity index is 0.00000256. The number of hydrogen-bond donors (Lipinski definition) is 0. The molecule has 0 bridgehead atoms. The van der Waals surface area contributed by atoms with E-state index < -0.39 is 24.0 Å². The largest absolute Gasteiger partial charge is 0.460 e. The van der Waals surface area contributed by atoms with Crippen LogP contribution in [0.2, 0.25) is 0 Å². The third kappa shape index (κ3) is 4.74. The first-order valence-corrected chi connectivity index (χ1v) is 4.78. The second kappa shape index (κ2) is 7.51. The van der Waals surface area contributed by atoms with E-state index in [2.05, 4.69) is 9.72 Å².